The van der Waals surface area contributed by atoms with Crippen molar-refractivity contribution in [2.45, 2.75) is 74.6 Å². The number of carbonyl (C=O) groups excluding carboxylic acids is 2. The lowest BCUT2D eigenvalue weighted by Gasteiger charge is -2.42. The number of thioether (sulfide) groups is 1. The Morgan fingerprint density at radius 3 is 2.56 bits per heavy atom. The molecular formula is C24H34ClN3O3S. The molecule has 4 rings (SSSR count). The average molecular weight is 480 g/mol. The van der Waals surface area contributed by atoms with E-state index in [9.17, 15) is 9.59 Å². The van der Waals surface area contributed by atoms with E-state index in [4.69, 9.17) is 4.74 Å². The Morgan fingerprint density at radius 1 is 1.19 bits per heavy atom. The lowest BCUT2D eigenvalue weighted by atomic mass is 9.96. The summed E-state index contributed by atoms with van der Waals surface area (Å²) in [5.41, 5.74) is 1.23. The van der Waals surface area contributed by atoms with Crippen LogP contribution in [0.25, 0.3) is 0 Å². The van der Waals surface area contributed by atoms with Gasteiger partial charge in [0.05, 0.1) is 12.9 Å². The second-order valence-electron chi connectivity index (χ2n) is 9.18. The minimum absolute atomic E-state index is 0. The first-order chi connectivity index (χ1) is 15.0. The lowest BCUT2D eigenvalue weighted by Crippen LogP contribution is -2.65. The molecule has 0 N–H and O–H groups in total. The smallest absolute Gasteiger partial charge is 0.330 e. The van der Waals surface area contributed by atoms with Crippen LogP contribution in [0.4, 0.5) is 0 Å². The number of esters is 1. The summed E-state index contributed by atoms with van der Waals surface area (Å²) in [4.78, 5) is 34.3. The van der Waals surface area contributed by atoms with Gasteiger partial charge in [0.25, 0.3) is 5.91 Å². The second-order valence-corrected chi connectivity index (χ2v) is 10.9. The van der Waals surface area contributed by atoms with Gasteiger partial charge in [-0.15, -0.1) is 24.2 Å². The van der Waals surface area contributed by atoms with Crippen molar-refractivity contribution in [3.63, 3.8) is 0 Å². The van der Waals surface area contributed by atoms with Crippen molar-refractivity contribution in [3.8, 4) is 0 Å². The SMILES string of the molecule is CC1(C)S[C@@H]2[C@H](N=CN3CCCCCC3)C(=O)N2[C@H]1C(=O)OCCCc1ccccc1.Cl. The fourth-order valence-corrected chi connectivity index (χ4v) is 6.28. The third-order valence-corrected chi connectivity index (χ3v) is 7.92. The van der Waals surface area contributed by atoms with Gasteiger partial charge in [-0.1, -0.05) is 43.2 Å². The normalized spacial score (nSPS) is 26.8. The molecule has 0 unspecified atom stereocenters. The molecule has 6 nitrogen and oxygen atoms in total. The summed E-state index contributed by atoms with van der Waals surface area (Å²) in [6.45, 7) is 6.43. The molecule has 8 heteroatoms. The van der Waals surface area contributed by atoms with E-state index < -0.39 is 6.04 Å². The number of aryl methyl sites for hydroxylation is 1. The quantitative estimate of drug-likeness (QED) is 0.195. The highest BCUT2D eigenvalue weighted by molar-refractivity contribution is 8.01. The van der Waals surface area contributed by atoms with E-state index in [1.807, 2.05) is 38.4 Å². The zero-order valence-electron chi connectivity index (χ0n) is 18.9. The summed E-state index contributed by atoms with van der Waals surface area (Å²) in [6, 6.07) is 9.25. The maximum atomic E-state index is 12.9. The molecule has 0 radical (unpaired) electrons. The summed E-state index contributed by atoms with van der Waals surface area (Å²) in [5, 5.41) is -0.0763. The Bertz CT molecular complexity index is 812. The molecule has 3 atom stereocenters. The van der Waals surface area contributed by atoms with Crippen LogP contribution in [-0.4, -0.2) is 69.9 Å². The first kappa shape index (κ1) is 24.9. The van der Waals surface area contributed by atoms with Gasteiger partial charge in [-0.3, -0.25) is 9.79 Å². The standard InChI is InChI=1S/C24H33N3O3S.ClH/c1-24(2)20(23(29)30-16-10-13-18-11-6-5-7-12-18)27-21(28)19(22(27)31-24)25-17-26-14-8-3-4-9-15-26;/h5-7,11-12,17,19-20,22H,3-4,8-10,13-16H2,1-2H3;1H/t19-,20+,22-;/m1./s1. The molecule has 3 fully saturated rings. The van der Waals surface area contributed by atoms with Crippen LogP contribution in [0.2, 0.25) is 0 Å². The van der Waals surface area contributed by atoms with Crippen LogP contribution in [0.5, 0.6) is 0 Å². The molecule has 0 aliphatic carbocycles. The molecule has 0 spiro atoms. The number of nitrogens with zero attached hydrogens (tertiary/aromatic N) is 3. The first-order valence-electron chi connectivity index (χ1n) is 11.5. The van der Waals surface area contributed by atoms with E-state index in [0.717, 1.165) is 25.9 Å². The minimum atomic E-state index is -0.545. The summed E-state index contributed by atoms with van der Waals surface area (Å²) in [5.74, 6) is -0.350. The van der Waals surface area contributed by atoms with Crippen LogP contribution < -0.4 is 0 Å². The number of β-lactam (4-membered cyclic amide) rings is 1. The molecule has 176 valence electrons. The Labute approximate surface area is 201 Å². The molecule has 0 bridgehead atoms. The van der Waals surface area contributed by atoms with Crippen molar-refractivity contribution < 1.29 is 14.3 Å². The zero-order valence-corrected chi connectivity index (χ0v) is 20.6. The molecule has 3 saturated heterocycles. The number of halogens is 1. The number of rotatable bonds is 7. The summed E-state index contributed by atoms with van der Waals surface area (Å²) >= 11 is 1.66. The number of fused-ring (bicyclic) bond motifs is 1. The highest BCUT2D eigenvalue weighted by atomic mass is 35.5. The van der Waals surface area contributed by atoms with Crippen molar-refractivity contribution in [3.05, 3.63) is 35.9 Å². The summed E-state index contributed by atoms with van der Waals surface area (Å²) in [6.07, 6.45) is 8.41. The van der Waals surface area contributed by atoms with E-state index in [1.165, 1.54) is 31.2 Å². The molecular weight excluding hydrogens is 446 g/mol. The number of benzene rings is 1. The number of ether oxygens (including phenoxy) is 1. The summed E-state index contributed by atoms with van der Waals surface area (Å²) < 4.78 is 5.21. The molecule has 1 aromatic carbocycles. The topological polar surface area (TPSA) is 62.2 Å². The second kappa shape index (κ2) is 10.9. The zero-order chi connectivity index (χ0) is 21.8. The van der Waals surface area contributed by atoms with Crippen molar-refractivity contribution in [1.29, 1.82) is 0 Å². The largest absolute Gasteiger partial charge is 0.464 e. The molecule has 0 saturated carbocycles. The maximum absolute atomic E-state index is 12.9. The first-order valence-corrected chi connectivity index (χ1v) is 12.3. The van der Waals surface area contributed by atoms with E-state index in [1.54, 1.807) is 16.7 Å². The lowest BCUT2D eigenvalue weighted by molar-refractivity contribution is -0.162. The molecule has 1 aromatic rings. The average Bonchev–Trinajstić information content (AvgIpc) is 2.90. The molecule has 1 amide bonds. The maximum Gasteiger partial charge on any atom is 0.330 e. The highest BCUT2D eigenvalue weighted by Crippen LogP contribution is 2.51. The van der Waals surface area contributed by atoms with Gasteiger partial charge in [0.1, 0.15) is 11.4 Å². The van der Waals surface area contributed by atoms with Gasteiger partial charge in [0.15, 0.2) is 6.04 Å². The predicted octanol–water partition coefficient (Wildman–Crippen LogP) is 3.92. The Balaban J connectivity index is 0.00000289. The van der Waals surface area contributed by atoms with Gasteiger partial charge in [-0.05, 0) is 45.1 Å². The molecule has 32 heavy (non-hydrogen) atoms. The Kier molecular flexibility index (Phi) is 8.50. The van der Waals surface area contributed by atoms with Crippen molar-refractivity contribution >= 4 is 42.4 Å². The molecule has 0 aromatic heterocycles. The van der Waals surface area contributed by atoms with Crippen LogP contribution in [0.1, 0.15) is 51.5 Å². The van der Waals surface area contributed by atoms with Gasteiger partial charge in [0.2, 0.25) is 0 Å². The Hall–Kier alpha value is -1.73. The monoisotopic (exact) mass is 479 g/mol. The summed E-state index contributed by atoms with van der Waals surface area (Å²) in [7, 11) is 0. The fourth-order valence-electron chi connectivity index (χ4n) is 4.66. The molecule has 3 heterocycles. The van der Waals surface area contributed by atoms with Gasteiger partial charge < -0.3 is 14.5 Å². The highest BCUT2D eigenvalue weighted by Gasteiger charge is 2.64. The van der Waals surface area contributed by atoms with Crippen molar-refractivity contribution in [2.24, 2.45) is 4.99 Å². The number of aliphatic imine (C=N–C) groups is 1. The van der Waals surface area contributed by atoms with E-state index in [2.05, 4.69) is 22.0 Å². The minimum Gasteiger partial charge on any atom is -0.464 e. The van der Waals surface area contributed by atoms with Crippen molar-refractivity contribution in [2.75, 3.05) is 19.7 Å². The van der Waals surface area contributed by atoms with Gasteiger partial charge in [-0.2, -0.15) is 0 Å². The van der Waals surface area contributed by atoms with E-state index in [0.29, 0.717) is 6.61 Å². The fraction of sp³-hybridized carbons (Fsp3) is 0.625. The predicted molar refractivity (Wildman–Crippen MR) is 131 cm³/mol. The number of hydrogen-bond acceptors (Lipinski definition) is 5. The van der Waals surface area contributed by atoms with E-state index >= 15 is 0 Å². The number of hydrogen-bond donors (Lipinski definition) is 0. The number of carbonyl (C=O) groups is 2. The third kappa shape index (κ3) is 5.42. The van der Waals surface area contributed by atoms with Gasteiger partial charge in [-0.25, -0.2) is 4.79 Å². The number of likely N-dealkylation sites (tertiary alicyclic amines) is 1. The van der Waals surface area contributed by atoms with Crippen LogP contribution >= 0.6 is 24.2 Å². The molecule has 3 aliphatic rings. The number of amides is 1. The van der Waals surface area contributed by atoms with Gasteiger partial charge >= 0.3 is 5.97 Å². The van der Waals surface area contributed by atoms with E-state index in [-0.39, 0.29) is 40.4 Å². The Morgan fingerprint density at radius 2 is 1.88 bits per heavy atom. The van der Waals surface area contributed by atoms with Crippen LogP contribution in [0.15, 0.2) is 35.3 Å². The van der Waals surface area contributed by atoms with Crippen LogP contribution in [0.3, 0.4) is 0 Å². The van der Waals surface area contributed by atoms with Crippen LogP contribution in [0, 0.1) is 0 Å². The third-order valence-electron chi connectivity index (χ3n) is 6.36. The molecule has 3 aliphatic heterocycles. The van der Waals surface area contributed by atoms with Gasteiger partial charge in [0, 0.05) is 17.8 Å². The van der Waals surface area contributed by atoms with Crippen molar-refractivity contribution in [1.82, 2.24) is 9.80 Å². The van der Waals surface area contributed by atoms with Crippen LogP contribution in [-0.2, 0) is 20.7 Å².